The van der Waals surface area contributed by atoms with Crippen molar-refractivity contribution >= 4 is 11.6 Å². The fraction of sp³-hybridized carbons (Fsp3) is 0.389. The maximum atomic E-state index is 12.0. The van der Waals surface area contributed by atoms with Crippen molar-refractivity contribution in [2.45, 2.75) is 44.8 Å². The van der Waals surface area contributed by atoms with E-state index >= 15 is 0 Å². The molecule has 0 bridgehead atoms. The third-order valence-corrected chi connectivity index (χ3v) is 4.07. The normalized spacial score (nSPS) is 15.6. The molecule has 4 heteroatoms. The molecule has 0 unspecified atom stereocenters. The topological polar surface area (TPSA) is 54.1 Å². The molecule has 0 aliphatic heterocycles. The molecule has 4 nitrogen and oxygen atoms in total. The highest BCUT2D eigenvalue weighted by molar-refractivity contribution is 6.02. The van der Waals surface area contributed by atoms with E-state index in [9.17, 15) is 4.79 Å². The summed E-state index contributed by atoms with van der Waals surface area (Å²) in [4.78, 5) is 14.9. The Morgan fingerprint density at radius 2 is 2.05 bits per heavy atom. The van der Waals surface area contributed by atoms with Gasteiger partial charge in [0.15, 0.2) is 0 Å². The van der Waals surface area contributed by atoms with Gasteiger partial charge in [0.2, 0.25) is 0 Å². The SMILES string of the molecule is O=C(Nc1cccc(COC2CCCCC2)c1)c1ccc[nH]1. The van der Waals surface area contributed by atoms with Crippen LogP contribution in [0.1, 0.15) is 48.2 Å². The first kappa shape index (κ1) is 14.9. The number of ether oxygens (including phenoxy) is 1. The highest BCUT2D eigenvalue weighted by Gasteiger charge is 2.13. The van der Waals surface area contributed by atoms with Crippen molar-refractivity contribution in [3.63, 3.8) is 0 Å². The van der Waals surface area contributed by atoms with E-state index in [1.807, 2.05) is 30.3 Å². The molecule has 1 aromatic carbocycles. The molecule has 1 fully saturated rings. The van der Waals surface area contributed by atoms with Gasteiger partial charge in [-0.25, -0.2) is 0 Å². The molecule has 1 heterocycles. The van der Waals surface area contributed by atoms with Crippen molar-refractivity contribution in [1.82, 2.24) is 4.98 Å². The van der Waals surface area contributed by atoms with Crippen LogP contribution in [0.3, 0.4) is 0 Å². The van der Waals surface area contributed by atoms with Crippen LogP contribution in [-0.4, -0.2) is 17.0 Å². The van der Waals surface area contributed by atoms with Gasteiger partial charge < -0.3 is 15.0 Å². The molecule has 0 radical (unpaired) electrons. The maximum absolute atomic E-state index is 12.0. The Balaban J connectivity index is 1.56. The number of hydrogen-bond acceptors (Lipinski definition) is 2. The summed E-state index contributed by atoms with van der Waals surface area (Å²) < 4.78 is 5.98. The average molecular weight is 298 g/mol. The Hall–Kier alpha value is -2.07. The average Bonchev–Trinajstić information content (AvgIpc) is 3.09. The monoisotopic (exact) mass is 298 g/mol. The number of aromatic nitrogens is 1. The second-order valence-corrected chi connectivity index (χ2v) is 5.81. The molecule has 0 spiro atoms. The summed E-state index contributed by atoms with van der Waals surface area (Å²) in [7, 11) is 0. The van der Waals surface area contributed by atoms with E-state index < -0.39 is 0 Å². The predicted molar refractivity (Wildman–Crippen MR) is 86.8 cm³/mol. The number of hydrogen-bond donors (Lipinski definition) is 2. The standard InChI is InChI=1S/C18H22N2O2/c21-18(17-10-5-11-19-17)20-15-7-4-6-14(12-15)13-22-16-8-2-1-3-9-16/h4-7,10-12,16,19H,1-3,8-9,13H2,(H,20,21). The van der Waals surface area contributed by atoms with Crippen LogP contribution in [0.5, 0.6) is 0 Å². The minimum Gasteiger partial charge on any atom is -0.374 e. The lowest BCUT2D eigenvalue weighted by Gasteiger charge is -2.22. The first-order valence-electron chi connectivity index (χ1n) is 7.96. The van der Waals surface area contributed by atoms with Crippen LogP contribution in [0.4, 0.5) is 5.69 Å². The summed E-state index contributed by atoms with van der Waals surface area (Å²) in [6.45, 7) is 0.608. The Bertz CT molecular complexity index is 601. The van der Waals surface area contributed by atoms with Crippen molar-refractivity contribution in [3.05, 3.63) is 53.9 Å². The summed E-state index contributed by atoms with van der Waals surface area (Å²) in [5, 5.41) is 2.90. The van der Waals surface area contributed by atoms with E-state index in [-0.39, 0.29) is 5.91 Å². The van der Waals surface area contributed by atoms with Crippen LogP contribution in [0.25, 0.3) is 0 Å². The predicted octanol–water partition coefficient (Wildman–Crippen LogP) is 4.12. The number of H-pyrrole nitrogens is 1. The van der Waals surface area contributed by atoms with Crippen LogP contribution in [-0.2, 0) is 11.3 Å². The number of carbonyl (C=O) groups excluding carboxylic acids is 1. The van der Waals surface area contributed by atoms with Gasteiger partial charge in [0.1, 0.15) is 5.69 Å². The fourth-order valence-corrected chi connectivity index (χ4v) is 2.85. The third kappa shape index (κ3) is 3.98. The second kappa shape index (κ2) is 7.27. The number of nitrogens with one attached hydrogen (secondary N) is 2. The minimum absolute atomic E-state index is 0.129. The second-order valence-electron chi connectivity index (χ2n) is 5.81. The van der Waals surface area contributed by atoms with Gasteiger partial charge in [0.25, 0.3) is 5.91 Å². The largest absolute Gasteiger partial charge is 0.374 e. The van der Waals surface area contributed by atoms with Crippen LogP contribution >= 0.6 is 0 Å². The van der Waals surface area contributed by atoms with E-state index in [0.29, 0.717) is 18.4 Å². The lowest BCUT2D eigenvalue weighted by Crippen LogP contribution is -2.16. The molecule has 0 saturated heterocycles. The van der Waals surface area contributed by atoms with Crippen LogP contribution in [0, 0.1) is 0 Å². The highest BCUT2D eigenvalue weighted by Crippen LogP contribution is 2.22. The summed E-state index contributed by atoms with van der Waals surface area (Å²) in [5.41, 5.74) is 2.45. The van der Waals surface area contributed by atoms with Gasteiger partial charge in [-0.05, 0) is 42.7 Å². The molecule has 2 aromatic rings. The molecule has 116 valence electrons. The quantitative estimate of drug-likeness (QED) is 0.872. The van der Waals surface area contributed by atoms with Crippen LogP contribution in [0.2, 0.25) is 0 Å². The van der Waals surface area contributed by atoms with Gasteiger partial charge >= 0.3 is 0 Å². The van der Waals surface area contributed by atoms with E-state index in [1.54, 1.807) is 12.3 Å². The first-order valence-corrected chi connectivity index (χ1v) is 7.96. The number of anilines is 1. The Morgan fingerprint density at radius 1 is 1.18 bits per heavy atom. The van der Waals surface area contributed by atoms with E-state index in [1.165, 1.54) is 32.1 Å². The van der Waals surface area contributed by atoms with Gasteiger partial charge in [0, 0.05) is 11.9 Å². The number of aromatic amines is 1. The Labute approximate surface area is 130 Å². The highest BCUT2D eigenvalue weighted by atomic mass is 16.5. The van der Waals surface area contributed by atoms with Gasteiger partial charge in [-0.15, -0.1) is 0 Å². The van der Waals surface area contributed by atoms with Crippen LogP contribution < -0.4 is 5.32 Å². The summed E-state index contributed by atoms with van der Waals surface area (Å²) in [6, 6.07) is 11.4. The van der Waals surface area contributed by atoms with Gasteiger partial charge in [-0.3, -0.25) is 4.79 Å². The van der Waals surface area contributed by atoms with Crippen LogP contribution in [0.15, 0.2) is 42.6 Å². The fourth-order valence-electron chi connectivity index (χ4n) is 2.85. The molecule has 1 aliphatic carbocycles. The molecule has 1 amide bonds. The van der Waals surface area contributed by atoms with Crippen molar-refractivity contribution in [2.24, 2.45) is 0 Å². The van der Waals surface area contributed by atoms with Crippen molar-refractivity contribution in [3.8, 4) is 0 Å². The number of amides is 1. The zero-order valence-electron chi connectivity index (χ0n) is 12.7. The van der Waals surface area contributed by atoms with Crippen molar-refractivity contribution < 1.29 is 9.53 Å². The number of rotatable bonds is 5. The smallest absolute Gasteiger partial charge is 0.272 e. The van der Waals surface area contributed by atoms with Gasteiger partial charge in [0.05, 0.1) is 12.7 Å². The van der Waals surface area contributed by atoms with E-state index in [4.69, 9.17) is 4.74 Å². The molecule has 2 N–H and O–H groups in total. The first-order chi connectivity index (χ1) is 10.8. The molecule has 1 aromatic heterocycles. The molecular formula is C18H22N2O2. The minimum atomic E-state index is -0.129. The van der Waals surface area contributed by atoms with Gasteiger partial charge in [-0.1, -0.05) is 31.4 Å². The van der Waals surface area contributed by atoms with Gasteiger partial charge in [-0.2, -0.15) is 0 Å². The van der Waals surface area contributed by atoms with Crippen molar-refractivity contribution in [1.29, 1.82) is 0 Å². The van der Waals surface area contributed by atoms with E-state index in [2.05, 4.69) is 10.3 Å². The lowest BCUT2D eigenvalue weighted by molar-refractivity contribution is 0.0169. The molecule has 1 aliphatic rings. The number of benzene rings is 1. The lowest BCUT2D eigenvalue weighted by atomic mass is 9.98. The summed E-state index contributed by atoms with van der Waals surface area (Å²) in [6.07, 6.45) is 8.36. The molecule has 22 heavy (non-hydrogen) atoms. The molecule has 0 atom stereocenters. The summed E-state index contributed by atoms with van der Waals surface area (Å²) in [5.74, 6) is -0.129. The Morgan fingerprint density at radius 3 is 2.82 bits per heavy atom. The number of carbonyl (C=O) groups is 1. The van der Waals surface area contributed by atoms with E-state index in [0.717, 1.165) is 11.3 Å². The Kier molecular flexibility index (Phi) is 4.91. The zero-order valence-corrected chi connectivity index (χ0v) is 12.7. The molecule has 1 saturated carbocycles. The van der Waals surface area contributed by atoms with Crippen molar-refractivity contribution in [2.75, 3.05) is 5.32 Å². The summed E-state index contributed by atoms with van der Waals surface area (Å²) >= 11 is 0. The molecule has 3 rings (SSSR count). The maximum Gasteiger partial charge on any atom is 0.272 e. The zero-order chi connectivity index (χ0) is 15.2. The molecular weight excluding hydrogens is 276 g/mol. The third-order valence-electron chi connectivity index (χ3n) is 4.07.